The lowest BCUT2D eigenvalue weighted by molar-refractivity contribution is 0.501. The Hall–Kier alpha value is -1.16. The fourth-order valence-electron chi connectivity index (χ4n) is 1.49. The third kappa shape index (κ3) is 4.25. The summed E-state index contributed by atoms with van der Waals surface area (Å²) in [6.07, 6.45) is 3.98. The highest BCUT2D eigenvalue weighted by Crippen LogP contribution is 2.09. The van der Waals surface area contributed by atoms with Gasteiger partial charge in [-0.25, -0.2) is 9.97 Å². The molecule has 1 heterocycles. The molecule has 0 saturated carbocycles. The number of hydrogen-bond acceptors (Lipinski definition) is 4. The summed E-state index contributed by atoms with van der Waals surface area (Å²) >= 11 is 0. The first-order valence-corrected chi connectivity index (χ1v) is 5.49. The monoisotopic (exact) mass is 208 g/mol. The van der Waals surface area contributed by atoms with E-state index in [0.717, 1.165) is 37.6 Å². The Kier molecular flexibility index (Phi) is 5.04. The van der Waals surface area contributed by atoms with Crippen molar-refractivity contribution in [2.24, 2.45) is 11.7 Å². The van der Waals surface area contributed by atoms with Gasteiger partial charge in [0.25, 0.3) is 0 Å². The van der Waals surface area contributed by atoms with Crippen molar-refractivity contribution in [3.8, 4) is 0 Å². The minimum Gasteiger partial charge on any atom is -0.370 e. The molecule has 15 heavy (non-hydrogen) atoms. The van der Waals surface area contributed by atoms with Crippen LogP contribution in [0.5, 0.6) is 0 Å². The predicted octanol–water partition coefficient (Wildman–Crippen LogP) is 1.57. The van der Waals surface area contributed by atoms with Crippen molar-refractivity contribution in [1.29, 1.82) is 0 Å². The van der Waals surface area contributed by atoms with E-state index in [-0.39, 0.29) is 0 Å². The zero-order chi connectivity index (χ0) is 11.1. The van der Waals surface area contributed by atoms with Gasteiger partial charge in [-0.1, -0.05) is 13.3 Å². The van der Waals surface area contributed by atoms with E-state index in [2.05, 4.69) is 22.2 Å². The molecule has 0 radical (unpaired) electrons. The third-order valence-corrected chi connectivity index (χ3v) is 2.50. The van der Waals surface area contributed by atoms with Crippen LogP contribution in [-0.2, 0) is 0 Å². The van der Waals surface area contributed by atoms with Gasteiger partial charge in [-0.15, -0.1) is 0 Å². The summed E-state index contributed by atoms with van der Waals surface area (Å²) in [6, 6.07) is 1.89. The lowest BCUT2D eigenvalue weighted by atomic mass is 10.0. The fourth-order valence-corrected chi connectivity index (χ4v) is 1.49. The van der Waals surface area contributed by atoms with Crippen LogP contribution >= 0.6 is 0 Å². The molecule has 0 aliphatic heterocycles. The number of rotatable bonds is 6. The number of hydrogen-bond donors (Lipinski definition) is 2. The summed E-state index contributed by atoms with van der Waals surface area (Å²) in [6.45, 7) is 5.77. The highest BCUT2D eigenvalue weighted by Gasteiger charge is 2.05. The largest absolute Gasteiger partial charge is 0.370 e. The van der Waals surface area contributed by atoms with E-state index in [1.165, 1.54) is 0 Å². The second-order valence-corrected chi connectivity index (χ2v) is 3.72. The highest BCUT2D eigenvalue weighted by molar-refractivity contribution is 5.32. The highest BCUT2D eigenvalue weighted by atomic mass is 15.0. The summed E-state index contributed by atoms with van der Waals surface area (Å²) in [5.41, 5.74) is 5.54. The van der Waals surface area contributed by atoms with Gasteiger partial charge in [-0.3, -0.25) is 0 Å². The molecule has 4 heteroatoms. The SMILES string of the molecule is CCC(CCN)CNc1ccnc(C)n1. The molecule has 0 aromatic carbocycles. The van der Waals surface area contributed by atoms with Crippen molar-refractivity contribution < 1.29 is 0 Å². The van der Waals surface area contributed by atoms with Crippen LogP contribution in [0, 0.1) is 12.8 Å². The van der Waals surface area contributed by atoms with Crippen LogP contribution < -0.4 is 11.1 Å². The number of nitrogens with zero attached hydrogens (tertiary/aromatic N) is 2. The molecular weight excluding hydrogens is 188 g/mol. The maximum Gasteiger partial charge on any atom is 0.129 e. The minimum atomic E-state index is 0.630. The fraction of sp³-hybridized carbons (Fsp3) is 0.636. The molecule has 1 aromatic heterocycles. The molecule has 1 aromatic rings. The van der Waals surface area contributed by atoms with E-state index >= 15 is 0 Å². The molecule has 1 unspecified atom stereocenters. The van der Waals surface area contributed by atoms with Crippen molar-refractivity contribution >= 4 is 5.82 Å². The van der Waals surface area contributed by atoms with Gasteiger partial charge < -0.3 is 11.1 Å². The van der Waals surface area contributed by atoms with Crippen LogP contribution in [0.3, 0.4) is 0 Å². The average Bonchev–Trinajstić information content (AvgIpc) is 2.24. The Bertz CT molecular complexity index is 288. The Morgan fingerprint density at radius 1 is 1.53 bits per heavy atom. The summed E-state index contributed by atoms with van der Waals surface area (Å²) < 4.78 is 0. The quantitative estimate of drug-likeness (QED) is 0.745. The minimum absolute atomic E-state index is 0.630. The van der Waals surface area contributed by atoms with Gasteiger partial charge in [0.1, 0.15) is 11.6 Å². The van der Waals surface area contributed by atoms with Gasteiger partial charge in [0.05, 0.1) is 0 Å². The molecule has 3 N–H and O–H groups in total. The first-order chi connectivity index (χ1) is 7.26. The first kappa shape index (κ1) is 11.9. The summed E-state index contributed by atoms with van der Waals surface area (Å²) in [7, 11) is 0. The van der Waals surface area contributed by atoms with Gasteiger partial charge in [-0.2, -0.15) is 0 Å². The van der Waals surface area contributed by atoms with Crippen LogP contribution in [-0.4, -0.2) is 23.1 Å². The van der Waals surface area contributed by atoms with E-state index in [4.69, 9.17) is 5.73 Å². The van der Waals surface area contributed by atoms with Gasteiger partial charge in [0.2, 0.25) is 0 Å². The van der Waals surface area contributed by atoms with Crippen molar-refractivity contribution in [2.75, 3.05) is 18.4 Å². The topological polar surface area (TPSA) is 63.8 Å². The zero-order valence-electron chi connectivity index (χ0n) is 9.53. The second kappa shape index (κ2) is 6.35. The van der Waals surface area contributed by atoms with Gasteiger partial charge >= 0.3 is 0 Å². The third-order valence-electron chi connectivity index (χ3n) is 2.50. The van der Waals surface area contributed by atoms with Crippen molar-refractivity contribution in [1.82, 2.24) is 9.97 Å². The maximum absolute atomic E-state index is 5.54. The van der Waals surface area contributed by atoms with E-state index in [1.807, 2.05) is 13.0 Å². The number of aromatic nitrogens is 2. The average molecular weight is 208 g/mol. The molecule has 0 aliphatic rings. The van der Waals surface area contributed by atoms with E-state index < -0.39 is 0 Å². The lowest BCUT2D eigenvalue weighted by Gasteiger charge is -2.14. The molecule has 1 atom stereocenters. The molecule has 4 nitrogen and oxygen atoms in total. The Morgan fingerprint density at radius 3 is 2.93 bits per heavy atom. The number of aryl methyl sites for hydroxylation is 1. The summed E-state index contributed by atoms with van der Waals surface area (Å²) in [5, 5.41) is 3.31. The molecule has 0 aliphatic carbocycles. The number of nitrogens with one attached hydrogen (secondary N) is 1. The van der Waals surface area contributed by atoms with E-state index in [0.29, 0.717) is 5.92 Å². The Morgan fingerprint density at radius 2 is 2.33 bits per heavy atom. The van der Waals surface area contributed by atoms with Crippen LogP contribution in [0.1, 0.15) is 25.6 Å². The molecule has 1 rings (SSSR count). The number of nitrogens with two attached hydrogens (primary N) is 1. The Balaban J connectivity index is 2.41. The summed E-state index contributed by atoms with van der Waals surface area (Å²) in [4.78, 5) is 8.34. The standard InChI is InChI=1S/C11H20N4/c1-3-10(4-6-12)8-14-11-5-7-13-9(2)15-11/h5,7,10H,3-4,6,8,12H2,1-2H3,(H,13,14,15). The van der Waals surface area contributed by atoms with E-state index in [9.17, 15) is 0 Å². The summed E-state index contributed by atoms with van der Waals surface area (Å²) in [5.74, 6) is 2.33. The van der Waals surface area contributed by atoms with Gasteiger partial charge in [0.15, 0.2) is 0 Å². The molecule has 0 saturated heterocycles. The smallest absolute Gasteiger partial charge is 0.129 e. The van der Waals surface area contributed by atoms with Crippen LogP contribution in [0.15, 0.2) is 12.3 Å². The van der Waals surface area contributed by atoms with Crippen LogP contribution in [0.2, 0.25) is 0 Å². The molecule has 0 bridgehead atoms. The maximum atomic E-state index is 5.54. The second-order valence-electron chi connectivity index (χ2n) is 3.72. The van der Waals surface area contributed by atoms with Crippen molar-refractivity contribution in [3.05, 3.63) is 18.1 Å². The van der Waals surface area contributed by atoms with Crippen molar-refractivity contribution in [3.63, 3.8) is 0 Å². The molecule has 84 valence electrons. The zero-order valence-corrected chi connectivity index (χ0v) is 9.53. The van der Waals surface area contributed by atoms with Gasteiger partial charge in [-0.05, 0) is 31.9 Å². The molecular formula is C11H20N4. The molecule has 0 spiro atoms. The van der Waals surface area contributed by atoms with E-state index in [1.54, 1.807) is 6.20 Å². The van der Waals surface area contributed by atoms with Crippen LogP contribution in [0.4, 0.5) is 5.82 Å². The predicted molar refractivity (Wildman–Crippen MR) is 62.7 cm³/mol. The first-order valence-electron chi connectivity index (χ1n) is 5.49. The molecule has 0 amide bonds. The lowest BCUT2D eigenvalue weighted by Crippen LogP contribution is -2.18. The van der Waals surface area contributed by atoms with Crippen LogP contribution in [0.25, 0.3) is 0 Å². The normalized spacial score (nSPS) is 12.5. The Labute approximate surface area is 91.3 Å². The number of anilines is 1. The molecule has 0 fully saturated rings. The van der Waals surface area contributed by atoms with Crippen molar-refractivity contribution in [2.45, 2.75) is 26.7 Å². The van der Waals surface area contributed by atoms with Gasteiger partial charge in [0, 0.05) is 12.7 Å².